The van der Waals surface area contributed by atoms with Crippen LogP contribution in [0.4, 0.5) is 0 Å². The number of nitrogens with one attached hydrogen (secondary N) is 1. The third kappa shape index (κ3) is 43.1. The van der Waals surface area contributed by atoms with Crippen LogP contribution in [0.25, 0.3) is 0 Å². The molecule has 0 aromatic rings. The number of carbonyl (C=O) groups excluding carboxylic acids is 1. The van der Waals surface area contributed by atoms with Crippen molar-refractivity contribution >= 4 is 13.7 Å². The Kier molecular flexibility index (Phi) is 44.7. The fourth-order valence-corrected chi connectivity index (χ4v) is 8.28. The van der Waals surface area contributed by atoms with Crippen molar-refractivity contribution in [2.75, 3.05) is 19.8 Å². The fraction of sp³-hybridized carbons (Fsp3) is 0.898. The van der Waals surface area contributed by atoms with Crippen LogP contribution >= 0.6 is 7.82 Å². The van der Waals surface area contributed by atoms with Gasteiger partial charge in [0.2, 0.25) is 5.91 Å². The first-order chi connectivity index (χ1) is 28.4. The molecule has 0 bridgehead atoms. The molecule has 8 nitrogen and oxygen atoms in total. The van der Waals surface area contributed by atoms with Gasteiger partial charge >= 0.3 is 7.82 Å². The molecule has 3 unspecified atom stereocenters. The Balaban J connectivity index is 4.07. The summed E-state index contributed by atoms with van der Waals surface area (Å²) in [5, 5.41) is 13.9. The second kappa shape index (κ2) is 45.5. The molecule has 0 aliphatic carbocycles. The molecule has 344 valence electrons. The molecule has 3 atom stereocenters. The maximum absolute atomic E-state index is 12.8. The predicted octanol–water partition coefficient (Wildman–Crippen LogP) is 14.5. The number of hydrogen-bond acceptors (Lipinski definition) is 6. The van der Waals surface area contributed by atoms with Crippen molar-refractivity contribution < 1.29 is 28.4 Å². The Hall–Kier alpha value is -1.02. The van der Waals surface area contributed by atoms with Crippen LogP contribution < -0.4 is 11.1 Å². The first kappa shape index (κ1) is 57.0. The topological polar surface area (TPSA) is 131 Å². The van der Waals surface area contributed by atoms with E-state index < -0.39 is 20.0 Å². The lowest BCUT2D eigenvalue weighted by atomic mass is 10.0. The number of nitrogens with two attached hydrogens (primary N) is 1. The summed E-state index contributed by atoms with van der Waals surface area (Å²) in [4.78, 5) is 22.8. The predicted molar refractivity (Wildman–Crippen MR) is 249 cm³/mol. The van der Waals surface area contributed by atoms with E-state index in [0.717, 1.165) is 51.4 Å². The van der Waals surface area contributed by atoms with Gasteiger partial charge < -0.3 is 21.1 Å². The van der Waals surface area contributed by atoms with E-state index in [4.69, 9.17) is 14.8 Å². The van der Waals surface area contributed by atoms with Gasteiger partial charge in [-0.1, -0.05) is 224 Å². The number of phosphoric acid groups is 1. The van der Waals surface area contributed by atoms with Gasteiger partial charge in [0, 0.05) is 13.0 Å². The van der Waals surface area contributed by atoms with E-state index in [9.17, 15) is 19.4 Å². The molecule has 0 fully saturated rings. The van der Waals surface area contributed by atoms with Crippen LogP contribution in [0.1, 0.15) is 251 Å². The number of amides is 1. The number of phosphoric ester groups is 1. The van der Waals surface area contributed by atoms with Crippen molar-refractivity contribution in [1.82, 2.24) is 5.32 Å². The molecule has 58 heavy (non-hydrogen) atoms. The van der Waals surface area contributed by atoms with Crippen molar-refractivity contribution in [3.05, 3.63) is 24.3 Å². The summed E-state index contributed by atoms with van der Waals surface area (Å²) in [6.45, 7) is 4.22. The minimum atomic E-state index is -4.32. The van der Waals surface area contributed by atoms with Gasteiger partial charge in [-0.05, 0) is 44.9 Å². The summed E-state index contributed by atoms with van der Waals surface area (Å²) >= 11 is 0. The van der Waals surface area contributed by atoms with Crippen LogP contribution in [0, 0.1) is 0 Å². The summed E-state index contributed by atoms with van der Waals surface area (Å²) in [6, 6.07) is -0.778. The largest absolute Gasteiger partial charge is 0.472 e. The fourth-order valence-electron chi connectivity index (χ4n) is 7.52. The van der Waals surface area contributed by atoms with Crippen LogP contribution in [0.3, 0.4) is 0 Å². The molecule has 5 N–H and O–H groups in total. The minimum absolute atomic E-state index is 0.0882. The third-order valence-electron chi connectivity index (χ3n) is 11.3. The number of aliphatic hydroxyl groups excluding tert-OH is 1. The average Bonchev–Trinajstić information content (AvgIpc) is 3.21. The van der Waals surface area contributed by atoms with Crippen molar-refractivity contribution in [1.29, 1.82) is 0 Å². The maximum Gasteiger partial charge on any atom is 0.472 e. The number of rotatable bonds is 47. The van der Waals surface area contributed by atoms with E-state index in [1.807, 2.05) is 0 Å². The number of hydrogen-bond donors (Lipinski definition) is 4. The zero-order chi connectivity index (χ0) is 42.5. The van der Waals surface area contributed by atoms with E-state index in [1.165, 1.54) is 173 Å². The molecular weight excluding hydrogens is 744 g/mol. The van der Waals surface area contributed by atoms with Crippen LogP contribution in [-0.4, -0.2) is 47.8 Å². The Morgan fingerprint density at radius 3 is 1.38 bits per heavy atom. The first-order valence-corrected chi connectivity index (χ1v) is 26.4. The molecule has 0 aromatic carbocycles. The number of allylic oxidation sites excluding steroid dienone is 4. The lowest BCUT2D eigenvalue weighted by Crippen LogP contribution is -2.46. The molecule has 0 heterocycles. The van der Waals surface area contributed by atoms with Gasteiger partial charge in [-0.2, -0.15) is 0 Å². The second-order valence-corrected chi connectivity index (χ2v) is 18.5. The molecule has 0 rings (SSSR count). The van der Waals surface area contributed by atoms with Gasteiger partial charge in [0.1, 0.15) is 0 Å². The second-order valence-electron chi connectivity index (χ2n) is 17.0. The molecule has 9 heteroatoms. The normalized spacial score (nSPS) is 14.1. The molecule has 0 aliphatic heterocycles. The molecule has 0 saturated carbocycles. The summed E-state index contributed by atoms with van der Waals surface area (Å²) < 4.78 is 22.3. The van der Waals surface area contributed by atoms with Crippen molar-refractivity contribution in [3.63, 3.8) is 0 Å². The highest BCUT2D eigenvalue weighted by Gasteiger charge is 2.27. The highest BCUT2D eigenvalue weighted by Crippen LogP contribution is 2.43. The third-order valence-corrected chi connectivity index (χ3v) is 12.3. The molecule has 0 radical (unpaired) electrons. The van der Waals surface area contributed by atoms with Crippen LogP contribution in [0.15, 0.2) is 24.3 Å². The summed E-state index contributed by atoms with van der Waals surface area (Å²) in [6.07, 6.45) is 53.3. The van der Waals surface area contributed by atoms with Gasteiger partial charge in [-0.15, -0.1) is 0 Å². The Morgan fingerprint density at radius 1 is 0.569 bits per heavy atom. The van der Waals surface area contributed by atoms with E-state index in [-0.39, 0.29) is 25.7 Å². The zero-order valence-electron chi connectivity index (χ0n) is 38.3. The Bertz CT molecular complexity index is 963. The molecule has 0 aliphatic rings. The highest BCUT2D eigenvalue weighted by molar-refractivity contribution is 7.47. The van der Waals surface area contributed by atoms with Crippen molar-refractivity contribution in [3.8, 4) is 0 Å². The average molecular weight is 841 g/mol. The van der Waals surface area contributed by atoms with Crippen molar-refractivity contribution in [2.24, 2.45) is 5.73 Å². The molecule has 0 saturated heterocycles. The number of carbonyl (C=O) groups is 1. The maximum atomic E-state index is 12.8. The monoisotopic (exact) mass is 841 g/mol. The highest BCUT2D eigenvalue weighted by atomic mass is 31.2. The number of aliphatic hydroxyl groups is 1. The molecule has 1 amide bonds. The summed E-state index contributed by atoms with van der Waals surface area (Å²) in [7, 11) is -4.32. The van der Waals surface area contributed by atoms with E-state index in [1.54, 1.807) is 0 Å². The Labute approximate surface area is 359 Å². The van der Waals surface area contributed by atoms with Crippen molar-refractivity contribution in [2.45, 2.75) is 264 Å². The van der Waals surface area contributed by atoms with E-state index in [0.29, 0.717) is 12.8 Å². The summed E-state index contributed by atoms with van der Waals surface area (Å²) in [5.41, 5.74) is 5.40. The van der Waals surface area contributed by atoms with Crippen LogP contribution in [0.2, 0.25) is 0 Å². The van der Waals surface area contributed by atoms with Gasteiger partial charge in [-0.25, -0.2) is 4.57 Å². The van der Waals surface area contributed by atoms with Gasteiger partial charge in [0.15, 0.2) is 0 Å². The lowest BCUT2D eigenvalue weighted by molar-refractivity contribution is -0.123. The van der Waals surface area contributed by atoms with Gasteiger partial charge in [-0.3, -0.25) is 13.8 Å². The molecule has 0 aromatic heterocycles. The zero-order valence-corrected chi connectivity index (χ0v) is 39.2. The smallest absolute Gasteiger partial charge is 0.391 e. The van der Waals surface area contributed by atoms with E-state index in [2.05, 4.69) is 43.5 Å². The van der Waals surface area contributed by atoms with Crippen LogP contribution in [0.5, 0.6) is 0 Å². The first-order valence-electron chi connectivity index (χ1n) is 25.0. The van der Waals surface area contributed by atoms with E-state index >= 15 is 0 Å². The van der Waals surface area contributed by atoms with Crippen LogP contribution in [-0.2, 0) is 18.4 Å². The quantitative estimate of drug-likeness (QED) is 0.0273. The standard InChI is InChI=1S/C49H97N2O6P/c1-3-5-7-9-11-13-15-17-19-21-23-24-25-26-28-30-32-34-36-38-40-42-48(52)47(46-57-58(54,55)56-45-44-50)51-49(53)43-41-39-37-35-33-31-29-27-22-20-18-16-14-12-10-8-6-4-2/h14,16,20,22,47-48,52H,3-13,15,17-19,21,23-46,50H2,1-2H3,(H,51,53)(H,54,55)/b16-14-,22-20-. The lowest BCUT2D eigenvalue weighted by Gasteiger charge is -2.25. The number of unbranched alkanes of at least 4 members (excludes halogenated alkanes) is 31. The van der Waals surface area contributed by atoms with Gasteiger partial charge in [0.25, 0.3) is 0 Å². The minimum Gasteiger partial charge on any atom is -0.391 e. The molecule has 0 spiro atoms. The van der Waals surface area contributed by atoms with Gasteiger partial charge in [0.05, 0.1) is 25.4 Å². The Morgan fingerprint density at radius 2 is 0.948 bits per heavy atom. The molecular formula is C49H97N2O6P. The SMILES string of the molecule is CCCCCC/C=C\C/C=C\CCCCCCCCCC(=O)NC(COP(=O)(O)OCCN)C(O)CCCCCCCCCCCCCCCCCCCCCCC. The summed E-state index contributed by atoms with van der Waals surface area (Å²) in [5.74, 6) is -0.166.